The summed E-state index contributed by atoms with van der Waals surface area (Å²) < 4.78 is 0. The van der Waals surface area contributed by atoms with E-state index in [1.807, 2.05) is 18.5 Å². The number of hydrogen-bond donors (Lipinski definition) is 0. The van der Waals surface area contributed by atoms with Gasteiger partial charge >= 0.3 is 0 Å². The summed E-state index contributed by atoms with van der Waals surface area (Å²) in [5.74, 6) is 2.72. The number of piperidine rings is 1. The third-order valence-electron chi connectivity index (χ3n) is 5.40. The molecule has 1 saturated carbocycles. The lowest BCUT2D eigenvalue weighted by molar-refractivity contribution is 0.207. The fraction of sp³-hybridized carbons (Fsp3) is 0.550. The molecule has 1 saturated heterocycles. The number of aromatic nitrogens is 3. The zero-order valence-corrected chi connectivity index (χ0v) is 15.0. The van der Waals surface area contributed by atoms with Crippen LogP contribution in [0.5, 0.6) is 0 Å². The Labute approximate surface area is 150 Å². The lowest BCUT2D eigenvalue weighted by Crippen LogP contribution is -2.47. The Hall–Kier alpha value is -2.01. The largest absolute Gasteiger partial charge is 0.355 e. The molecule has 25 heavy (non-hydrogen) atoms. The Bertz CT molecular complexity index is 685. The van der Waals surface area contributed by atoms with Crippen molar-refractivity contribution in [2.24, 2.45) is 0 Å². The molecular weight excluding hydrogens is 310 g/mol. The number of pyridine rings is 1. The maximum absolute atomic E-state index is 4.81. The van der Waals surface area contributed by atoms with Crippen LogP contribution in [0.1, 0.15) is 43.1 Å². The predicted octanol–water partition coefficient (Wildman–Crippen LogP) is 2.89. The highest BCUT2D eigenvalue weighted by molar-refractivity contribution is 5.38. The maximum Gasteiger partial charge on any atom is 0.133 e. The van der Waals surface area contributed by atoms with E-state index >= 15 is 0 Å². The summed E-state index contributed by atoms with van der Waals surface area (Å²) >= 11 is 0. The summed E-state index contributed by atoms with van der Waals surface area (Å²) in [6, 6.07) is 8.75. The number of hydrogen-bond acceptors (Lipinski definition) is 5. The average molecular weight is 337 g/mol. The maximum atomic E-state index is 4.81. The summed E-state index contributed by atoms with van der Waals surface area (Å²) in [7, 11) is 2.19. The minimum atomic E-state index is 0.527. The number of nitrogens with zero attached hydrogens (tertiary/aromatic N) is 5. The van der Waals surface area contributed by atoms with Gasteiger partial charge in [-0.3, -0.25) is 4.98 Å². The number of anilines is 1. The summed E-state index contributed by atoms with van der Waals surface area (Å²) in [6.07, 6.45) is 9.81. The standard InChI is InChI=1S/C20H27N5/c1-24(19-9-12-22-20(23-19)16-7-8-16)18-6-4-13-25(15-18)14-10-17-5-2-3-11-21-17/h2-3,5,9,11-12,16,18H,4,6-8,10,13-15H2,1H3. The number of rotatable bonds is 6. The highest BCUT2D eigenvalue weighted by Crippen LogP contribution is 2.38. The van der Waals surface area contributed by atoms with Crippen LogP contribution in [0.25, 0.3) is 0 Å². The molecule has 2 aliphatic rings. The van der Waals surface area contributed by atoms with Gasteiger partial charge in [0.25, 0.3) is 0 Å². The molecule has 0 N–H and O–H groups in total. The van der Waals surface area contributed by atoms with Gasteiger partial charge in [0.1, 0.15) is 11.6 Å². The first-order valence-corrected chi connectivity index (χ1v) is 9.47. The number of likely N-dealkylation sites (N-methyl/N-ethyl adjacent to an activating group) is 1. The van der Waals surface area contributed by atoms with Crippen LogP contribution >= 0.6 is 0 Å². The molecule has 5 nitrogen and oxygen atoms in total. The van der Waals surface area contributed by atoms with E-state index in [9.17, 15) is 0 Å². The average Bonchev–Trinajstić information content (AvgIpc) is 3.52. The zero-order chi connectivity index (χ0) is 17.1. The Balaban J connectivity index is 1.36. The van der Waals surface area contributed by atoms with Gasteiger partial charge in [0, 0.05) is 56.6 Å². The predicted molar refractivity (Wildman–Crippen MR) is 99.8 cm³/mol. The molecule has 132 valence electrons. The molecule has 1 aliphatic carbocycles. The Morgan fingerprint density at radius 2 is 2.04 bits per heavy atom. The molecule has 1 aliphatic heterocycles. The van der Waals surface area contributed by atoms with E-state index in [0.717, 1.165) is 31.2 Å². The van der Waals surface area contributed by atoms with Gasteiger partial charge in [0.05, 0.1) is 0 Å². The third kappa shape index (κ3) is 4.15. The highest BCUT2D eigenvalue weighted by atomic mass is 15.3. The molecule has 1 atom stereocenters. The van der Waals surface area contributed by atoms with Crippen molar-refractivity contribution in [1.82, 2.24) is 19.9 Å². The minimum Gasteiger partial charge on any atom is -0.355 e. The molecule has 0 aromatic carbocycles. The van der Waals surface area contributed by atoms with E-state index in [0.29, 0.717) is 12.0 Å². The molecule has 1 unspecified atom stereocenters. The van der Waals surface area contributed by atoms with Crippen LogP contribution in [-0.2, 0) is 6.42 Å². The lowest BCUT2D eigenvalue weighted by Gasteiger charge is -2.38. The van der Waals surface area contributed by atoms with Gasteiger partial charge in [0.2, 0.25) is 0 Å². The molecule has 0 radical (unpaired) electrons. The monoisotopic (exact) mass is 337 g/mol. The second-order valence-electron chi connectivity index (χ2n) is 7.33. The van der Waals surface area contributed by atoms with E-state index < -0.39 is 0 Å². The van der Waals surface area contributed by atoms with Gasteiger partial charge in [-0.2, -0.15) is 0 Å². The van der Waals surface area contributed by atoms with Crippen molar-refractivity contribution in [2.75, 3.05) is 31.6 Å². The molecule has 0 spiro atoms. The second kappa shape index (κ2) is 7.48. The summed E-state index contributed by atoms with van der Waals surface area (Å²) in [6.45, 7) is 3.37. The van der Waals surface area contributed by atoms with Gasteiger partial charge in [-0.15, -0.1) is 0 Å². The van der Waals surface area contributed by atoms with Gasteiger partial charge in [-0.1, -0.05) is 6.07 Å². The van der Waals surface area contributed by atoms with Gasteiger partial charge < -0.3 is 9.80 Å². The fourth-order valence-corrected chi connectivity index (χ4v) is 3.65. The first-order chi connectivity index (χ1) is 12.3. The van der Waals surface area contributed by atoms with Crippen molar-refractivity contribution in [3.63, 3.8) is 0 Å². The van der Waals surface area contributed by atoms with Gasteiger partial charge in [-0.25, -0.2) is 9.97 Å². The van der Waals surface area contributed by atoms with E-state index in [1.165, 1.54) is 37.9 Å². The van der Waals surface area contributed by atoms with Crippen molar-refractivity contribution in [1.29, 1.82) is 0 Å². The van der Waals surface area contributed by atoms with Crippen LogP contribution < -0.4 is 4.90 Å². The van der Waals surface area contributed by atoms with Crippen LogP contribution in [0.4, 0.5) is 5.82 Å². The van der Waals surface area contributed by atoms with Crippen LogP contribution in [-0.4, -0.2) is 52.6 Å². The Morgan fingerprint density at radius 1 is 1.12 bits per heavy atom. The van der Waals surface area contributed by atoms with Crippen LogP contribution in [0, 0.1) is 0 Å². The van der Waals surface area contributed by atoms with Crippen LogP contribution in [0.3, 0.4) is 0 Å². The molecule has 4 rings (SSSR count). The smallest absolute Gasteiger partial charge is 0.133 e. The molecular formula is C20H27N5. The van der Waals surface area contributed by atoms with Crippen LogP contribution in [0.2, 0.25) is 0 Å². The molecule has 3 heterocycles. The third-order valence-corrected chi connectivity index (χ3v) is 5.40. The molecule has 2 fully saturated rings. The van der Waals surface area contributed by atoms with Crippen LogP contribution in [0.15, 0.2) is 36.7 Å². The molecule has 2 aromatic heterocycles. The van der Waals surface area contributed by atoms with Crippen molar-refractivity contribution < 1.29 is 0 Å². The van der Waals surface area contributed by atoms with E-state index in [4.69, 9.17) is 4.98 Å². The minimum absolute atomic E-state index is 0.527. The summed E-state index contributed by atoms with van der Waals surface area (Å²) in [4.78, 5) is 18.6. The second-order valence-corrected chi connectivity index (χ2v) is 7.33. The van der Waals surface area contributed by atoms with E-state index in [2.05, 4.69) is 45.0 Å². The number of likely N-dealkylation sites (tertiary alicyclic amines) is 1. The lowest BCUT2D eigenvalue weighted by atomic mass is 10.0. The summed E-state index contributed by atoms with van der Waals surface area (Å²) in [5, 5.41) is 0. The molecule has 2 aromatic rings. The van der Waals surface area contributed by atoms with Crippen molar-refractivity contribution in [3.8, 4) is 0 Å². The Morgan fingerprint density at radius 3 is 2.84 bits per heavy atom. The molecule has 0 amide bonds. The van der Waals surface area contributed by atoms with Crippen molar-refractivity contribution in [3.05, 3.63) is 48.2 Å². The van der Waals surface area contributed by atoms with Crippen molar-refractivity contribution >= 4 is 5.82 Å². The van der Waals surface area contributed by atoms with Crippen molar-refractivity contribution in [2.45, 2.75) is 44.1 Å². The fourth-order valence-electron chi connectivity index (χ4n) is 3.65. The topological polar surface area (TPSA) is 45.2 Å². The van der Waals surface area contributed by atoms with E-state index in [-0.39, 0.29) is 0 Å². The normalized spacial score (nSPS) is 21.2. The molecule has 0 bridgehead atoms. The summed E-state index contributed by atoms with van der Waals surface area (Å²) in [5.41, 5.74) is 1.18. The van der Waals surface area contributed by atoms with Gasteiger partial charge in [0.15, 0.2) is 0 Å². The zero-order valence-electron chi connectivity index (χ0n) is 15.0. The quantitative estimate of drug-likeness (QED) is 0.811. The highest BCUT2D eigenvalue weighted by Gasteiger charge is 2.28. The van der Waals surface area contributed by atoms with E-state index in [1.54, 1.807) is 0 Å². The first-order valence-electron chi connectivity index (χ1n) is 9.47. The molecule has 5 heteroatoms. The van der Waals surface area contributed by atoms with Gasteiger partial charge in [-0.05, 0) is 50.4 Å². The SMILES string of the molecule is CN(c1ccnc(C2CC2)n1)C1CCCN(CCc2ccccn2)C1. The first kappa shape index (κ1) is 16.5. The Kier molecular flexibility index (Phi) is 4.92.